The number of aromatic nitrogens is 3. The Hall–Kier alpha value is -2.09. The first-order chi connectivity index (χ1) is 9.82. The number of anilines is 2. The predicted molar refractivity (Wildman–Crippen MR) is 74.9 cm³/mol. The molecule has 0 fully saturated rings. The first kappa shape index (κ1) is 17.0. The van der Waals surface area contributed by atoms with Gasteiger partial charge < -0.3 is 11.1 Å². The van der Waals surface area contributed by atoms with Crippen molar-refractivity contribution >= 4 is 23.5 Å². The van der Waals surface area contributed by atoms with Gasteiger partial charge in [-0.15, -0.1) is 0 Å². The van der Waals surface area contributed by atoms with Crippen LogP contribution in [0.1, 0.15) is 12.5 Å². The molecule has 0 aliphatic carbocycles. The van der Waals surface area contributed by atoms with Crippen LogP contribution < -0.4 is 11.1 Å². The van der Waals surface area contributed by atoms with Gasteiger partial charge in [-0.2, -0.15) is 28.1 Å². The zero-order valence-corrected chi connectivity index (χ0v) is 11.8. The monoisotopic (exact) mass is 319 g/mol. The number of nitrogens with two attached hydrogens (primary N) is 1. The number of nitrogen functional groups attached to an aromatic ring is 1. The van der Waals surface area contributed by atoms with Gasteiger partial charge >= 0.3 is 6.18 Å². The van der Waals surface area contributed by atoms with E-state index < -0.39 is 11.7 Å². The van der Waals surface area contributed by atoms with Crippen LogP contribution in [0.25, 0.3) is 0 Å². The largest absolute Gasteiger partial charge is 0.416 e. The third-order valence-corrected chi connectivity index (χ3v) is 2.23. The minimum atomic E-state index is -4.21. The first-order valence-electron chi connectivity index (χ1n) is 5.86. The van der Waals surface area contributed by atoms with Crippen LogP contribution in [-0.4, -0.2) is 21.5 Å². The van der Waals surface area contributed by atoms with E-state index in [0.717, 1.165) is 18.7 Å². The maximum Gasteiger partial charge on any atom is 0.416 e. The van der Waals surface area contributed by atoms with Gasteiger partial charge in [0.15, 0.2) is 0 Å². The molecule has 5 nitrogen and oxygen atoms in total. The van der Waals surface area contributed by atoms with Crippen LogP contribution in [0.3, 0.4) is 0 Å². The quantitative estimate of drug-likeness (QED) is 0.888. The lowest BCUT2D eigenvalue weighted by molar-refractivity contribution is -0.137. The summed E-state index contributed by atoms with van der Waals surface area (Å²) >= 11 is 5.50. The maximum atomic E-state index is 11.8. The van der Waals surface area contributed by atoms with Crippen LogP contribution in [0, 0.1) is 0 Å². The molecule has 1 aromatic heterocycles. The Morgan fingerprint density at radius 2 is 1.76 bits per heavy atom. The van der Waals surface area contributed by atoms with E-state index in [-0.39, 0.29) is 11.2 Å². The van der Waals surface area contributed by atoms with Gasteiger partial charge in [0.1, 0.15) is 0 Å². The molecule has 2 aromatic rings. The fourth-order valence-corrected chi connectivity index (χ4v) is 1.40. The van der Waals surface area contributed by atoms with E-state index in [1.54, 1.807) is 6.07 Å². The van der Waals surface area contributed by atoms with Gasteiger partial charge in [-0.3, -0.25) is 0 Å². The molecule has 0 radical (unpaired) electrons. The Kier molecular flexibility index (Phi) is 6.16. The molecule has 0 saturated heterocycles. The summed E-state index contributed by atoms with van der Waals surface area (Å²) in [6.07, 6.45) is -4.21. The highest BCUT2D eigenvalue weighted by Gasteiger charge is 2.29. The molecule has 1 aromatic carbocycles. The summed E-state index contributed by atoms with van der Waals surface area (Å²) in [5.74, 6) is 0.533. The van der Waals surface area contributed by atoms with E-state index in [1.165, 1.54) is 12.1 Å². The van der Waals surface area contributed by atoms with Crippen molar-refractivity contribution in [1.29, 1.82) is 0 Å². The van der Waals surface area contributed by atoms with Crippen molar-refractivity contribution in [1.82, 2.24) is 15.0 Å². The number of nitrogens with zero attached hydrogens (tertiary/aromatic N) is 3. The molecule has 1 heterocycles. The van der Waals surface area contributed by atoms with Crippen LogP contribution in [-0.2, 0) is 6.18 Å². The van der Waals surface area contributed by atoms with Crippen molar-refractivity contribution in [2.24, 2.45) is 0 Å². The summed E-state index contributed by atoms with van der Waals surface area (Å²) in [4.78, 5) is 11.2. The van der Waals surface area contributed by atoms with Gasteiger partial charge in [-0.1, -0.05) is 30.3 Å². The second kappa shape index (κ2) is 7.63. The molecule has 0 atom stereocenters. The van der Waals surface area contributed by atoms with Gasteiger partial charge in [0.2, 0.25) is 17.2 Å². The van der Waals surface area contributed by atoms with Crippen LogP contribution in [0.5, 0.6) is 0 Å². The second-order valence-electron chi connectivity index (χ2n) is 3.68. The summed E-state index contributed by atoms with van der Waals surface area (Å²) in [6, 6.07) is 6.36. The predicted octanol–water partition coefficient (Wildman–Crippen LogP) is 3.24. The van der Waals surface area contributed by atoms with Gasteiger partial charge in [-0.05, 0) is 18.5 Å². The SMILES string of the molecule is CCNc1nc(N)nc(Cl)n1.FC(F)(F)c1ccccc1. The fraction of sp³-hybridized carbons (Fsp3) is 0.250. The average molecular weight is 320 g/mol. The lowest BCUT2D eigenvalue weighted by Gasteiger charge is -2.03. The summed E-state index contributed by atoms with van der Waals surface area (Å²) in [5, 5.41) is 2.97. The topological polar surface area (TPSA) is 76.7 Å². The fourth-order valence-electron chi connectivity index (χ4n) is 1.23. The minimum Gasteiger partial charge on any atom is -0.368 e. The van der Waals surface area contributed by atoms with E-state index in [1.807, 2.05) is 6.92 Å². The number of nitrogens with one attached hydrogen (secondary N) is 1. The van der Waals surface area contributed by atoms with Crippen molar-refractivity contribution in [2.45, 2.75) is 13.1 Å². The van der Waals surface area contributed by atoms with E-state index >= 15 is 0 Å². The lowest BCUT2D eigenvalue weighted by Crippen LogP contribution is -2.05. The normalized spacial score (nSPS) is 10.5. The molecule has 0 aliphatic heterocycles. The molecule has 3 N–H and O–H groups in total. The van der Waals surface area contributed by atoms with Crippen molar-refractivity contribution in [3.8, 4) is 0 Å². The molecule has 0 saturated carbocycles. The van der Waals surface area contributed by atoms with E-state index in [9.17, 15) is 13.2 Å². The Labute approximate surface area is 124 Å². The average Bonchev–Trinajstić information content (AvgIpc) is 2.39. The third-order valence-electron chi connectivity index (χ3n) is 2.06. The number of halogens is 4. The molecule has 0 amide bonds. The summed E-state index contributed by atoms with van der Waals surface area (Å²) in [5.41, 5.74) is 4.70. The zero-order valence-electron chi connectivity index (χ0n) is 11.0. The van der Waals surface area contributed by atoms with Crippen LogP contribution in [0.15, 0.2) is 30.3 Å². The van der Waals surface area contributed by atoms with E-state index in [0.29, 0.717) is 5.95 Å². The molecule has 0 bridgehead atoms. The molecule has 0 spiro atoms. The van der Waals surface area contributed by atoms with Gasteiger partial charge in [0, 0.05) is 6.54 Å². The standard InChI is InChI=1S/C7H5F3.C5H8ClN5/c8-7(9,10)6-4-2-1-3-5-6;1-2-8-5-10-3(6)9-4(7)11-5/h1-5H;2H2,1H3,(H3,7,8,9,10,11). The number of hydrogen-bond donors (Lipinski definition) is 2. The van der Waals surface area contributed by atoms with Crippen molar-refractivity contribution in [2.75, 3.05) is 17.6 Å². The van der Waals surface area contributed by atoms with E-state index in [2.05, 4.69) is 20.3 Å². The summed E-state index contributed by atoms with van der Waals surface area (Å²) in [7, 11) is 0. The second-order valence-corrected chi connectivity index (χ2v) is 4.02. The highest BCUT2D eigenvalue weighted by Crippen LogP contribution is 2.28. The Balaban J connectivity index is 0.000000211. The lowest BCUT2D eigenvalue weighted by atomic mass is 10.2. The van der Waals surface area contributed by atoms with Crippen LogP contribution >= 0.6 is 11.6 Å². The Morgan fingerprint density at radius 1 is 1.14 bits per heavy atom. The van der Waals surface area contributed by atoms with Gasteiger partial charge in [-0.25, -0.2) is 0 Å². The van der Waals surface area contributed by atoms with E-state index in [4.69, 9.17) is 17.3 Å². The molecular weight excluding hydrogens is 307 g/mol. The number of hydrogen-bond acceptors (Lipinski definition) is 5. The summed E-state index contributed by atoms with van der Waals surface area (Å²) in [6.45, 7) is 2.65. The van der Waals surface area contributed by atoms with Crippen LogP contribution in [0.4, 0.5) is 25.1 Å². The van der Waals surface area contributed by atoms with Gasteiger partial charge in [0.05, 0.1) is 5.56 Å². The minimum absolute atomic E-state index is 0.105. The smallest absolute Gasteiger partial charge is 0.368 e. The van der Waals surface area contributed by atoms with Gasteiger partial charge in [0.25, 0.3) is 0 Å². The Bertz CT molecular complexity index is 542. The zero-order chi connectivity index (χ0) is 15.9. The van der Waals surface area contributed by atoms with Crippen molar-refractivity contribution in [3.05, 3.63) is 41.2 Å². The number of rotatable bonds is 2. The molecule has 114 valence electrons. The molecule has 9 heteroatoms. The Morgan fingerprint density at radius 3 is 2.19 bits per heavy atom. The van der Waals surface area contributed by atoms with Crippen LogP contribution in [0.2, 0.25) is 5.28 Å². The molecule has 0 aliphatic rings. The number of alkyl halides is 3. The van der Waals surface area contributed by atoms with Crippen molar-refractivity contribution in [3.63, 3.8) is 0 Å². The number of benzene rings is 1. The highest BCUT2D eigenvalue weighted by atomic mass is 35.5. The first-order valence-corrected chi connectivity index (χ1v) is 6.24. The molecule has 0 unspecified atom stereocenters. The third kappa shape index (κ3) is 6.26. The molecule has 21 heavy (non-hydrogen) atoms. The summed E-state index contributed by atoms with van der Waals surface area (Å²) < 4.78 is 35.4. The molecular formula is C12H13ClF3N5. The maximum absolute atomic E-state index is 11.8. The molecule has 2 rings (SSSR count). The highest BCUT2D eigenvalue weighted by molar-refractivity contribution is 6.28. The van der Waals surface area contributed by atoms with Crippen molar-refractivity contribution < 1.29 is 13.2 Å².